The second-order valence-corrected chi connectivity index (χ2v) is 5.82. The minimum atomic E-state index is -5.29. The Hall–Kier alpha value is -3.01. The van der Waals surface area contributed by atoms with Crippen LogP contribution in [-0.2, 0) is 9.53 Å². The van der Waals surface area contributed by atoms with E-state index in [9.17, 15) is 22.8 Å². The molecule has 150 valence electrons. The first-order valence-electron chi connectivity index (χ1n) is 7.65. The number of halogens is 4. The Morgan fingerprint density at radius 3 is 2.32 bits per heavy atom. The van der Waals surface area contributed by atoms with Crippen LogP contribution in [-0.4, -0.2) is 42.9 Å². The summed E-state index contributed by atoms with van der Waals surface area (Å²) in [5.74, 6) is -3.36. The number of esters is 1. The molecule has 0 spiro atoms. The number of alkyl halides is 3. The van der Waals surface area contributed by atoms with Gasteiger partial charge in [-0.1, -0.05) is 23.7 Å². The Morgan fingerprint density at radius 2 is 1.79 bits per heavy atom. The maximum absolute atomic E-state index is 14.0. The summed E-state index contributed by atoms with van der Waals surface area (Å²) >= 11 is 5.67. The van der Waals surface area contributed by atoms with Crippen LogP contribution in [0.2, 0.25) is 5.02 Å². The van der Waals surface area contributed by atoms with Crippen LogP contribution in [0.25, 0.3) is 0 Å². The molecule has 0 aliphatic carbocycles. The molecule has 28 heavy (non-hydrogen) atoms. The number of nitrogens with one attached hydrogen (secondary N) is 2. The zero-order valence-corrected chi connectivity index (χ0v) is 15.4. The van der Waals surface area contributed by atoms with Crippen LogP contribution in [0.1, 0.15) is 10.4 Å². The van der Waals surface area contributed by atoms with E-state index in [0.717, 1.165) is 19.4 Å². The highest BCUT2D eigenvalue weighted by molar-refractivity contribution is 6.30. The van der Waals surface area contributed by atoms with Crippen LogP contribution >= 0.6 is 11.6 Å². The van der Waals surface area contributed by atoms with Gasteiger partial charge < -0.3 is 20.1 Å². The van der Waals surface area contributed by atoms with Gasteiger partial charge in [0.1, 0.15) is 11.6 Å². The zero-order valence-electron chi connectivity index (χ0n) is 14.6. The molecule has 0 radical (unpaired) electrons. The third kappa shape index (κ3) is 4.28. The summed E-state index contributed by atoms with van der Waals surface area (Å²) in [6.07, 6.45) is -4.22. The lowest BCUT2D eigenvalue weighted by atomic mass is 10.1. The molecule has 7 nitrogen and oxygen atoms in total. The quantitative estimate of drug-likeness (QED) is 0.555. The van der Waals surface area contributed by atoms with Crippen molar-refractivity contribution in [3.05, 3.63) is 53.2 Å². The van der Waals surface area contributed by atoms with Crippen molar-refractivity contribution in [1.29, 1.82) is 0 Å². The van der Waals surface area contributed by atoms with Crippen molar-refractivity contribution in [1.82, 2.24) is 10.3 Å². The van der Waals surface area contributed by atoms with E-state index < -0.39 is 23.7 Å². The number of para-hydroxylation sites is 1. The average Bonchev–Trinajstić information content (AvgIpc) is 2.67. The van der Waals surface area contributed by atoms with Crippen molar-refractivity contribution < 1.29 is 32.2 Å². The third-order valence-corrected chi connectivity index (χ3v) is 3.84. The molecular weight excluding hydrogens is 403 g/mol. The van der Waals surface area contributed by atoms with E-state index in [2.05, 4.69) is 9.72 Å². The van der Waals surface area contributed by atoms with E-state index >= 15 is 0 Å². The number of nitrogens with zero attached hydrogens (tertiary/aromatic N) is 1. The number of hydrogen-bond donors (Lipinski definition) is 2. The van der Waals surface area contributed by atoms with Crippen molar-refractivity contribution in [3.63, 3.8) is 0 Å². The molecule has 1 amide bonds. The maximum Gasteiger partial charge on any atom is 0.441 e. The maximum atomic E-state index is 14.0. The number of methoxy groups -OCH3 is 2. The molecule has 1 aromatic carbocycles. The van der Waals surface area contributed by atoms with Crippen LogP contribution in [0, 0.1) is 0 Å². The van der Waals surface area contributed by atoms with Crippen molar-refractivity contribution in [2.24, 2.45) is 0 Å². The molecular formula is C17H15ClF3N3O4. The highest BCUT2D eigenvalue weighted by atomic mass is 35.5. The molecule has 0 bridgehead atoms. The molecule has 0 fully saturated rings. The van der Waals surface area contributed by atoms with Gasteiger partial charge in [-0.2, -0.15) is 13.2 Å². The van der Waals surface area contributed by atoms with Gasteiger partial charge in [0, 0.05) is 6.20 Å². The second kappa shape index (κ2) is 8.34. The molecule has 2 N–H and O–H groups in total. The first kappa shape index (κ1) is 21.3. The lowest BCUT2D eigenvalue weighted by Crippen LogP contribution is -2.69. The third-order valence-electron chi connectivity index (χ3n) is 3.61. The molecule has 0 aliphatic rings. The molecule has 1 atom stereocenters. The van der Waals surface area contributed by atoms with Gasteiger partial charge >= 0.3 is 17.8 Å². The van der Waals surface area contributed by atoms with Gasteiger partial charge in [-0.05, 0) is 24.3 Å². The Kier molecular flexibility index (Phi) is 6.34. The van der Waals surface area contributed by atoms with Crippen LogP contribution in [0.5, 0.6) is 5.75 Å². The summed E-state index contributed by atoms with van der Waals surface area (Å²) in [5.41, 5.74) is -3.83. The van der Waals surface area contributed by atoms with Gasteiger partial charge in [0.2, 0.25) is 0 Å². The normalized spacial score (nSPS) is 13.2. The van der Waals surface area contributed by atoms with Crippen molar-refractivity contribution in [2.75, 3.05) is 19.5 Å². The van der Waals surface area contributed by atoms with Crippen molar-refractivity contribution >= 4 is 29.3 Å². The average molecular weight is 418 g/mol. The Bertz CT molecular complexity index is 861. The van der Waals surface area contributed by atoms with Gasteiger partial charge in [0.25, 0.3) is 5.91 Å². The van der Waals surface area contributed by atoms with Crippen molar-refractivity contribution in [2.45, 2.75) is 11.8 Å². The minimum Gasteiger partial charge on any atom is -0.496 e. The summed E-state index contributed by atoms with van der Waals surface area (Å²) in [7, 11) is 2.01. The van der Waals surface area contributed by atoms with Gasteiger partial charge in [-0.15, -0.1) is 0 Å². The van der Waals surface area contributed by atoms with Crippen LogP contribution in [0.4, 0.5) is 19.0 Å². The lowest BCUT2D eigenvalue weighted by Gasteiger charge is -2.34. The van der Waals surface area contributed by atoms with Gasteiger partial charge in [0.05, 0.1) is 24.8 Å². The first-order valence-corrected chi connectivity index (χ1v) is 8.03. The standard InChI is InChI=1S/C17H15ClF3N3O4/c1-27-12-6-4-3-5-11(12)14(25)24-16(15(26)28-2,17(19,20)21)23-13-8-7-10(18)9-22-13/h3-9H,1-2H3,(H,22,23)(H,24,25)/t16-/m0/s1. The molecule has 1 heterocycles. The number of rotatable bonds is 6. The van der Waals surface area contributed by atoms with E-state index in [1.807, 2.05) is 5.32 Å². The monoisotopic (exact) mass is 417 g/mol. The number of anilines is 1. The fourth-order valence-electron chi connectivity index (χ4n) is 2.26. The predicted molar refractivity (Wildman–Crippen MR) is 94.1 cm³/mol. The van der Waals surface area contributed by atoms with E-state index in [0.29, 0.717) is 0 Å². The number of carbonyl (C=O) groups excluding carboxylic acids is 2. The number of amides is 1. The molecule has 0 aliphatic heterocycles. The predicted octanol–water partition coefficient (Wildman–Crippen LogP) is 3.02. The Labute approximate surface area is 162 Å². The van der Waals surface area contributed by atoms with E-state index in [-0.39, 0.29) is 22.2 Å². The van der Waals surface area contributed by atoms with Gasteiger partial charge in [0.15, 0.2) is 0 Å². The highest BCUT2D eigenvalue weighted by Gasteiger charge is 2.63. The fourth-order valence-corrected chi connectivity index (χ4v) is 2.37. The number of ether oxygens (including phenoxy) is 2. The molecule has 1 aromatic heterocycles. The number of carbonyl (C=O) groups is 2. The van der Waals surface area contributed by atoms with Crippen molar-refractivity contribution in [3.8, 4) is 5.75 Å². The zero-order chi connectivity index (χ0) is 20.9. The number of hydrogen-bond acceptors (Lipinski definition) is 6. The van der Waals surface area contributed by atoms with Crippen LogP contribution < -0.4 is 15.4 Å². The van der Waals surface area contributed by atoms with Crippen LogP contribution in [0.3, 0.4) is 0 Å². The molecule has 2 aromatic rings. The Morgan fingerprint density at radius 1 is 1.11 bits per heavy atom. The molecule has 0 unspecified atom stereocenters. The second-order valence-electron chi connectivity index (χ2n) is 5.38. The lowest BCUT2D eigenvalue weighted by molar-refractivity contribution is -0.203. The molecule has 11 heteroatoms. The fraction of sp³-hybridized carbons (Fsp3) is 0.235. The number of benzene rings is 1. The molecule has 0 saturated heterocycles. The summed E-state index contributed by atoms with van der Waals surface area (Å²) < 4.78 is 51.2. The number of aromatic nitrogens is 1. The summed E-state index contributed by atoms with van der Waals surface area (Å²) in [5, 5.41) is 3.75. The summed E-state index contributed by atoms with van der Waals surface area (Å²) in [6.45, 7) is 0. The van der Waals surface area contributed by atoms with Gasteiger partial charge in [-0.25, -0.2) is 9.78 Å². The van der Waals surface area contributed by atoms with Gasteiger partial charge in [-0.3, -0.25) is 4.79 Å². The SMILES string of the molecule is COC(=O)[C@@](NC(=O)c1ccccc1OC)(Nc1ccc(Cl)cn1)C(F)(F)F. The minimum absolute atomic E-state index is 0.0190. The summed E-state index contributed by atoms with van der Waals surface area (Å²) in [6, 6.07) is 7.96. The van der Waals surface area contributed by atoms with E-state index in [4.69, 9.17) is 16.3 Å². The van der Waals surface area contributed by atoms with Crippen LogP contribution in [0.15, 0.2) is 42.6 Å². The highest BCUT2D eigenvalue weighted by Crippen LogP contribution is 2.33. The van der Waals surface area contributed by atoms with E-state index in [1.165, 1.54) is 37.4 Å². The first-order chi connectivity index (χ1) is 13.1. The smallest absolute Gasteiger partial charge is 0.441 e. The topological polar surface area (TPSA) is 89.5 Å². The Balaban J connectivity index is 2.51. The van der Waals surface area contributed by atoms with E-state index in [1.54, 1.807) is 5.32 Å². The largest absolute Gasteiger partial charge is 0.496 e. The molecule has 2 rings (SSSR count). The molecule has 0 saturated carbocycles. The summed E-state index contributed by atoms with van der Waals surface area (Å²) in [4.78, 5) is 28.4. The number of pyridine rings is 1.